The molecule has 2 N–H and O–H groups in total. The zero-order valence-corrected chi connectivity index (χ0v) is 14.7. The lowest BCUT2D eigenvalue weighted by Gasteiger charge is -2.27. The van der Waals surface area contributed by atoms with Crippen molar-refractivity contribution in [2.75, 3.05) is 6.54 Å². The van der Waals surface area contributed by atoms with Crippen molar-refractivity contribution in [1.82, 2.24) is 15.5 Å². The van der Waals surface area contributed by atoms with E-state index in [1.165, 1.54) is 13.0 Å². The van der Waals surface area contributed by atoms with Crippen LogP contribution in [0.25, 0.3) is 0 Å². The second-order valence-electron chi connectivity index (χ2n) is 5.88. The maximum absolute atomic E-state index is 12.9. The maximum Gasteiger partial charge on any atom is 0.405 e. The Balaban J connectivity index is 2.28. The first-order valence-electron chi connectivity index (χ1n) is 7.78. The highest BCUT2D eigenvalue weighted by atomic mass is 35.5. The summed E-state index contributed by atoms with van der Waals surface area (Å²) in [5, 5.41) is 4.57. The highest BCUT2D eigenvalue weighted by Crippen LogP contribution is 2.34. The molecule has 2 rings (SSSR count). The van der Waals surface area contributed by atoms with Crippen LogP contribution in [0.5, 0.6) is 0 Å². The van der Waals surface area contributed by atoms with Crippen LogP contribution in [-0.4, -0.2) is 41.5 Å². The van der Waals surface area contributed by atoms with E-state index in [4.69, 9.17) is 11.6 Å². The zero-order chi connectivity index (χ0) is 19.7. The van der Waals surface area contributed by atoms with E-state index in [2.05, 4.69) is 5.32 Å². The van der Waals surface area contributed by atoms with E-state index in [0.29, 0.717) is 15.5 Å². The fraction of sp³-hybridized carbons (Fsp3) is 0.438. The number of hydrogen-bond donors (Lipinski definition) is 2. The number of nitrogens with one attached hydrogen (secondary N) is 2. The molecule has 1 saturated heterocycles. The molecule has 1 fully saturated rings. The average molecular weight is 392 g/mol. The van der Waals surface area contributed by atoms with Crippen LogP contribution in [0.3, 0.4) is 0 Å². The summed E-state index contributed by atoms with van der Waals surface area (Å²) in [4.78, 5) is 37.8. The number of rotatable bonds is 5. The molecule has 1 aromatic carbocycles. The molecule has 0 unspecified atom stereocenters. The minimum absolute atomic E-state index is 0.172. The van der Waals surface area contributed by atoms with Gasteiger partial charge in [-0.15, -0.1) is 0 Å². The Morgan fingerprint density at radius 1 is 1.38 bits per heavy atom. The topological polar surface area (TPSA) is 78.5 Å². The van der Waals surface area contributed by atoms with Crippen molar-refractivity contribution in [1.29, 1.82) is 0 Å². The smallest absolute Gasteiger partial charge is 0.345 e. The molecular weight excluding hydrogens is 375 g/mol. The molecule has 10 heteroatoms. The number of alkyl halides is 3. The number of halogens is 4. The molecule has 2 atom stereocenters. The standard InChI is InChI=1S/C16H17ClF3N3O3/c1-3-15(10-5-4-6-11(17)7-10)13(25)23(14(26)22-15)9(2)12(24)21-8-16(18,19)20/h4-7,9H,3,8H2,1-2H3,(H,21,24)(H,22,26)/t9-,15-/m0/s1. The summed E-state index contributed by atoms with van der Waals surface area (Å²) in [6, 6.07) is 4.06. The first kappa shape index (κ1) is 20.0. The van der Waals surface area contributed by atoms with Gasteiger partial charge < -0.3 is 10.6 Å². The summed E-state index contributed by atoms with van der Waals surface area (Å²) in [6.45, 7) is 1.30. The molecule has 1 aliphatic rings. The molecule has 0 aliphatic carbocycles. The van der Waals surface area contributed by atoms with Crippen molar-refractivity contribution >= 4 is 29.4 Å². The van der Waals surface area contributed by atoms with Gasteiger partial charge in [0.25, 0.3) is 5.91 Å². The molecule has 0 saturated carbocycles. The molecule has 1 heterocycles. The molecule has 0 spiro atoms. The molecule has 0 radical (unpaired) electrons. The SMILES string of the molecule is CC[C@@]1(c2cccc(Cl)c2)NC(=O)N([C@@H](C)C(=O)NCC(F)(F)F)C1=O. The van der Waals surface area contributed by atoms with Gasteiger partial charge in [0, 0.05) is 5.02 Å². The van der Waals surface area contributed by atoms with Gasteiger partial charge in [-0.2, -0.15) is 13.2 Å². The van der Waals surface area contributed by atoms with Crippen molar-refractivity contribution in [2.24, 2.45) is 0 Å². The largest absolute Gasteiger partial charge is 0.405 e. The van der Waals surface area contributed by atoms with E-state index in [0.717, 1.165) is 0 Å². The number of urea groups is 1. The van der Waals surface area contributed by atoms with E-state index >= 15 is 0 Å². The average Bonchev–Trinajstić information content (AvgIpc) is 2.82. The van der Waals surface area contributed by atoms with Crippen LogP contribution in [-0.2, 0) is 15.1 Å². The third-order valence-electron chi connectivity index (χ3n) is 4.20. The zero-order valence-electron chi connectivity index (χ0n) is 14.0. The molecule has 1 aliphatic heterocycles. The monoisotopic (exact) mass is 391 g/mol. The lowest BCUT2D eigenvalue weighted by molar-refractivity contribution is -0.144. The first-order chi connectivity index (χ1) is 12.0. The van der Waals surface area contributed by atoms with Gasteiger partial charge in [0.05, 0.1) is 0 Å². The second kappa shape index (κ2) is 7.14. The minimum atomic E-state index is -4.60. The van der Waals surface area contributed by atoms with E-state index in [9.17, 15) is 27.6 Å². The number of imide groups is 1. The lowest BCUT2D eigenvalue weighted by atomic mass is 9.87. The Labute approximate surface area is 152 Å². The van der Waals surface area contributed by atoms with Gasteiger partial charge in [0.2, 0.25) is 5.91 Å². The quantitative estimate of drug-likeness (QED) is 0.757. The molecule has 1 aromatic rings. The van der Waals surface area contributed by atoms with Crippen molar-refractivity contribution in [2.45, 2.75) is 38.0 Å². The van der Waals surface area contributed by atoms with Crippen LogP contribution in [0.15, 0.2) is 24.3 Å². The van der Waals surface area contributed by atoms with Gasteiger partial charge in [0.15, 0.2) is 0 Å². The van der Waals surface area contributed by atoms with E-state index in [1.807, 2.05) is 0 Å². The van der Waals surface area contributed by atoms with Crippen LogP contribution < -0.4 is 10.6 Å². The molecule has 6 nitrogen and oxygen atoms in total. The number of amides is 4. The van der Waals surface area contributed by atoms with Crippen LogP contribution in [0.2, 0.25) is 5.02 Å². The van der Waals surface area contributed by atoms with Gasteiger partial charge in [-0.3, -0.25) is 9.59 Å². The highest BCUT2D eigenvalue weighted by Gasteiger charge is 2.53. The Morgan fingerprint density at radius 3 is 2.58 bits per heavy atom. The Kier molecular flexibility index (Phi) is 5.50. The number of carbonyl (C=O) groups excluding carboxylic acids is 3. The number of benzene rings is 1. The van der Waals surface area contributed by atoms with Gasteiger partial charge in [-0.1, -0.05) is 30.7 Å². The normalized spacial score (nSPS) is 21.5. The van der Waals surface area contributed by atoms with E-state index in [-0.39, 0.29) is 6.42 Å². The third kappa shape index (κ3) is 3.77. The molecule has 0 bridgehead atoms. The maximum atomic E-state index is 12.9. The fourth-order valence-electron chi connectivity index (χ4n) is 2.79. The van der Waals surface area contributed by atoms with Gasteiger partial charge in [0.1, 0.15) is 18.1 Å². The summed E-state index contributed by atoms with van der Waals surface area (Å²) < 4.78 is 36.8. The van der Waals surface area contributed by atoms with Gasteiger partial charge >= 0.3 is 12.2 Å². The highest BCUT2D eigenvalue weighted by molar-refractivity contribution is 6.30. The summed E-state index contributed by atoms with van der Waals surface area (Å²) in [7, 11) is 0. The van der Waals surface area contributed by atoms with Crippen molar-refractivity contribution in [3.05, 3.63) is 34.9 Å². The van der Waals surface area contributed by atoms with Gasteiger partial charge in [-0.05, 0) is 31.0 Å². The van der Waals surface area contributed by atoms with Crippen LogP contribution in [0, 0.1) is 0 Å². The first-order valence-corrected chi connectivity index (χ1v) is 8.16. The molecule has 4 amide bonds. The Morgan fingerprint density at radius 2 is 2.04 bits per heavy atom. The van der Waals surface area contributed by atoms with Gasteiger partial charge in [-0.25, -0.2) is 9.69 Å². The molecular formula is C16H17ClF3N3O3. The minimum Gasteiger partial charge on any atom is -0.345 e. The summed E-state index contributed by atoms with van der Waals surface area (Å²) in [5.41, 5.74) is -1.00. The number of carbonyl (C=O) groups is 3. The Hall–Kier alpha value is -2.29. The van der Waals surface area contributed by atoms with Crippen LogP contribution >= 0.6 is 11.6 Å². The van der Waals surface area contributed by atoms with Crippen LogP contribution in [0.4, 0.5) is 18.0 Å². The molecule has 142 valence electrons. The van der Waals surface area contributed by atoms with Crippen molar-refractivity contribution in [3.8, 4) is 0 Å². The third-order valence-corrected chi connectivity index (χ3v) is 4.44. The summed E-state index contributed by atoms with van der Waals surface area (Å²) >= 11 is 5.95. The number of nitrogens with zero attached hydrogens (tertiary/aromatic N) is 1. The summed E-state index contributed by atoms with van der Waals surface area (Å²) in [5.74, 6) is -1.80. The van der Waals surface area contributed by atoms with Crippen LogP contribution in [0.1, 0.15) is 25.8 Å². The predicted octanol–water partition coefficient (Wildman–Crippen LogP) is 2.56. The van der Waals surface area contributed by atoms with Crippen molar-refractivity contribution < 1.29 is 27.6 Å². The Bertz CT molecular complexity index is 741. The summed E-state index contributed by atoms with van der Waals surface area (Å²) in [6.07, 6.45) is -4.42. The molecule has 0 aromatic heterocycles. The van der Waals surface area contributed by atoms with Crippen molar-refractivity contribution in [3.63, 3.8) is 0 Å². The second-order valence-corrected chi connectivity index (χ2v) is 6.32. The predicted molar refractivity (Wildman–Crippen MR) is 87.3 cm³/mol. The van der Waals surface area contributed by atoms with E-state index < -0.39 is 42.1 Å². The fourth-order valence-corrected chi connectivity index (χ4v) is 2.98. The molecule has 26 heavy (non-hydrogen) atoms. The number of hydrogen-bond acceptors (Lipinski definition) is 3. The van der Waals surface area contributed by atoms with E-state index in [1.54, 1.807) is 30.4 Å². The lowest BCUT2D eigenvalue weighted by Crippen LogP contribution is -2.51.